The molecule has 1 saturated carbocycles. The maximum atomic E-state index is 5.59. The van der Waals surface area contributed by atoms with Crippen molar-refractivity contribution < 1.29 is 0 Å². The lowest BCUT2D eigenvalue weighted by molar-refractivity contribution is 0.868. The second-order valence-corrected chi connectivity index (χ2v) is 3.70. The van der Waals surface area contributed by atoms with Gasteiger partial charge in [0.1, 0.15) is 0 Å². The van der Waals surface area contributed by atoms with Gasteiger partial charge in [0.05, 0.1) is 0 Å². The third-order valence-electron chi connectivity index (χ3n) is 1.83. The van der Waals surface area contributed by atoms with Gasteiger partial charge in [-0.05, 0) is 42.0 Å². The molecule has 1 fully saturated rings. The summed E-state index contributed by atoms with van der Waals surface area (Å²) < 4.78 is 0. The smallest absolute Gasteiger partial charge is 0.228 e. The van der Waals surface area contributed by atoms with E-state index < -0.39 is 0 Å². The van der Waals surface area contributed by atoms with E-state index in [2.05, 4.69) is 20.3 Å². The van der Waals surface area contributed by atoms with E-state index in [1.165, 1.54) is 12.8 Å². The molecule has 0 spiro atoms. The summed E-state index contributed by atoms with van der Waals surface area (Å²) in [5.74, 6) is 1.21. The van der Waals surface area contributed by atoms with Crippen LogP contribution < -0.4 is 5.32 Å². The average molecular weight is 219 g/mol. The van der Waals surface area contributed by atoms with Gasteiger partial charge >= 0.3 is 0 Å². The average Bonchev–Trinajstić information content (AvgIpc) is 2.81. The molecule has 0 aromatic carbocycles. The van der Waals surface area contributed by atoms with Crippen molar-refractivity contribution in [3.05, 3.63) is 10.6 Å². The van der Waals surface area contributed by atoms with Crippen molar-refractivity contribution in [1.29, 1.82) is 0 Å². The maximum absolute atomic E-state index is 5.59. The molecule has 13 heavy (non-hydrogen) atoms. The van der Waals surface area contributed by atoms with E-state index in [1.807, 2.05) is 0 Å². The van der Waals surface area contributed by atoms with Crippen LogP contribution in [-0.2, 0) is 0 Å². The SMILES string of the molecule is Clc1nc(Cl)nc(NCC2CC2)n1. The van der Waals surface area contributed by atoms with Crippen molar-refractivity contribution >= 4 is 29.2 Å². The Balaban J connectivity index is 2.01. The van der Waals surface area contributed by atoms with Gasteiger partial charge in [-0.3, -0.25) is 0 Å². The second-order valence-electron chi connectivity index (χ2n) is 3.02. The largest absolute Gasteiger partial charge is 0.354 e. The minimum absolute atomic E-state index is 0.123. The van der Waals surface area contributed by atoms with Gasteiger partial charge < -0.3 is 5.32 Å². The first-order valence-corrected chi connectivity index (χ1v) is 4.80. The van der Waals surface area contributed by atoms with Crippen LogP contribution in [-0.4, -0.2) is 21.5 Å². The normalized spacial score (nSPS) is 15.8. The number of hydrogen-bond acceptors (Lipinski definition) is 4. The number of halogens is 2. The summed E-state index contributed by atoms with van der Waals surface area (Å²) in [7, 11) is 0. The summed E-state index contributed by atoms with van der Waals surface area (Å²) in [6.45, 7) is 0.886. The van der Waals surface area contributed by atoms with Crippen molar-refractivity contribution in [2.75, 3.05) is 11.9 Å². The number of nitrogens with one attached hydrogen (secondary N) is 1. The molecule has 0 radical (unpaired) electrons. The van der Waals surface area contributed by atoms with E-state index in [0.717, 1.165) is 12.5 Å². The third kappa shape index (κ3) is 2.67. The van der Waals surface area contributed by atoms with Crippen molar-refractivity contribution in [3.8, 4) is 0 Å². The molecule has 70 valence electrons. The fourth-order valence-corrected chi connectivity index (χ4v) is 1.33. The van der Waals surface area contributed by atoms with Gasteiger partial charge in [-0.25, -0.2) is 0 Å². The van der Waals surface area contributed by atoms with E-state index in [-0.39, 0.29) is 10.6 Å². The molecule has 1 aliphatic rings. The van der Waals surface area contributed by atoms with Gasteiger partial charge in [0, 0.05) is 6.54 Å². The van der Waals surface area contributed by atoms with Crippen molar-refractivity contribution in [1.82, 2.24) is 15.0 Å². The highest BCUT2D eigenvalue weighted by molar-refractivity contribution is 6.31. The van der Waals surface area contributed by atoms with Gasteiger partial charge in [-0.15, -0.1) is 0 Å². The minimum atomic E-state index is 0.123. The van der Waals surface area contributed by atoms with E-state index in [0.29, 0.717) is 5.95 Å². The van der Waals surface area contributed by atoms with Crippen LogP contribution in [0.15, 0.2) is 0 Å². The Bertz CT molecular complexity index is 293. The molecular weight excluding hydrogens is 211 g/mol. The lowest BCUT2D eigenvalue weighted by Gasteiger charge is -2.02. The molecule has 0 unspecified atom stereocenters. The minimum Gasteiger partial charge on any atom is -0.354 e. The van der Waals surface area contributed by atoms with E-state index in [9.17, 15) is 0 Å². The summed E-state index contributed by atoms with van der Waals surface area (Å²) in [6.07, 6.45) is 2.55. The van der Waals surface area contributed by atoms with Crippen LogP contribution >= 0.6 is 23.2 Å². The fraction of sp³-hybridized carbons (Fsp3) is 0.571. The topological polar surface area (TPSA) is 50.7 Å². The molecule has 0 aliphatic heterocycles. The first-order chi connectivity index (χ1) is 6.24. The molecule has 1 heterocycles. The number of nitrogens with zero attached hydrogens (tertiary/aromatic N) is 3. The zero-order valence-corrected chi connectivity index (χ0v) is 8.31. The van der Waals surface area contributed by atoms with Crippen LogP contribution in [0.4, 0.5) is 5.95 Å². The zero-order valence-electron chi connectivity index (χ0n) is 6.80. The van der Waals surface area contributed by atoms with Crippen LogP contribution in [0.1, 0.15) is 12.8 Å². The Kier molecular flexibility index (Phi) is 2.51. The number of anilines is 1. The standard InChI is InChI=1S/C7H8Cl2N4/c8-5-11-6(9)13-7(12-5)10-3-4-1-2-4/h4H,1-3H2,(H,10,11,12,13). The third-order valence-corrected chi connectivity index (χ3v) is 2.16. The molecule has 0 saturated heterocycles. The first-order valence-electron chi connectivity index (χ1n) is 4.05. The number of aromatic nitrogens is 3. The predicted molar refractivity (Wildman–Crippen MR) is 51.1 cm³/mol. The highest BCUT2D eigenvalue weighted by Gasteiger charge is 2.21. The molecule has 1 aliphatic carbocycles. The Labute approximate surface area is 85.7 Å². The van der Waals surface area contributed by atoms with Gasteiger partial charge in [-0.2, -0.15) is 15.0 Å². The molecule has 2 rings (SSSR count). The maximum Gasteiger partial charge on any atom is 0.228 e. The fourth-order valence-electron chi connectivity index (χ4n) is 0.963. The van der Waals surface area contributed by atoms with Gasteiger partial charge in [0.15, 0.2) is 0 Å². The number of rotatable bonds is 3. The Morgan fingerprint density at radius 2 is 1.77 bits per heavy atom. The Morgan fingerprint density at radius 1 is 1.15 bits per heavy atom. The monoisotopic (exact) mass is 218 g/mol. The molecule has 0 amide bonds. The van der Waals surface area contributed by atoms with Gasteiger partial charge in [0.25, 0.3) is 0 Å². The summed E-state index contributed by atoms with van der Waals surface area (Å²) >= 11 is 11.2. The summed E-state index contributed by atoms with van der Waals surface area (Å²) in [5.41, 5.74) is 0. The summed E-state index contributed by atoms with van der Waals surface area (Å²) in [5, 5.41) is 3.30. The first kappa shape index (κ1) is 8.97. The second kappa shape index (κ2) is 3.64. The lowest BCUT2D eigenvalue weighted by atomic mass is 10.4. The highest BCUT2D eigenvalue weighted by Crippen LogP contribution is 2.28. The van der Waals surface area contributed by atoms with Crippen LogP contribution in [0.25, 0.3) is 0 Å². The zero-order chi connectivity index (χ0) is 9.26. The van der Waals surface area contributed by atoms with Crippen molar-refractivity contribution in [2.24, 2.45) is 5.92 Å². The molecule has 1 aromatic heterocycles. The van der Waals surface area contributed by atoms with E-state index >= 15 is 0 Å². The van der Waals surface area contributed by atoms with Crippen LogP contribution in [0.3, 0.4) is 0 Å². The van der Waals surface area contributed by atoms with Crippen LogP contribution in [0.2, 0.25) is 10.6 Å². The summed E-state index contributed by atoms with van der Waals surface area (Å²) in [6, 6.07) is 0. The Morgan fingerprint density at radius 3 is 2.31 bits per heavy atom. The Hall–Kier alpha value is -0.610. The van der Waals surface area contributed by atoms with E-state index in [4.69, 9.17) is 23.2 Å². The molecule has 0 atom stereocenters. The molecule has 4 nitrogen and oxygen atoms in total. The predicted octanol–water partition coefficient (Wildman–Crippen LogP) is 2.00. The molecular formula is C7H8Cl2N4. The molecule has 1 aromatic rings. The lowest BCUT2D eigenvalue weighted by Crippen LogP contribution is -2.07. The quantitative estimate of drug-likeness (QED) is 0.844. The van der Waals surface area contributed by atoms with Crippen LogP contribution in [0, 0.1) is 5.92 Å². The number of hydrogen-bond donors (Lipinski definition) is 1. The molecule has 0 bridgehead atoms. The van der Waals surface area contributed by atoms with Crippen molar-refractivity contribution in [2.45, 2.75) is 12.8 Å². The van der Waals surface area contributed by atoms with Crippen molar-refractivity contribution in [3.63, 3.8) is 0 Å². The van der Waals surface area contributed by atoms with Gasteiger partial charge in [-0.1, -0.05) is 0 Å². The van der Waals surface area contributed by atoms with E-state index in [1.54, 1.807) is 0 Å². The molecule has 1 N–H and O–H groups in total. The van der Waals surface area contributed by atoms with Crippen LogP contribution in [0.5, 0.6) is 0 Å². The molecule has 6 heteroatoms. The summed E-state index contributed by atoms with van der Waals surface area (Å²) in [4.78, 5) is 11.4. The van der Waals surface area contributed by atoms with Gasteiger partial charge in [0.2, 0.25) is 16.5 Å². The highest BCUT2D eigenvalue weighted by atomic mass is 35.5.